The van der Waals surface area contributed by atoms with Gasteiger partial charge in [-0.05, 0) is 48.6 Å². The standard InChI is InChI=1S/C21H23F3N2/c1-26-19-9-10-25-13-17(19)16-11-15(8-7-14-5-3-2-4-6-14)12-18(20(16)26)21(22,23)24/h2-6,11-12,17,19,25H,7-10,13H2,1H3. The fourth-order valence-electron chi connectivity index (χ4n) is 4.48. The van der Waals surface area contributed by atoms with Crippen molar-refractivity contribution in [2.75, 3.05) is 25.0 Å². The van der Waals surface area contributed by atoms with Gasteiger partial charge in [-0.2, -0.15) is 13.2 Å². The number of fused-ring (bicyclic) bond motifs is 3. The predicted octanol–water partition coefficient (Wildman–Crippen LogP) is 4.39. The Balaban J connectivity index is 1.71. The highest BCUT2D eigenvalue weighted by Crippen LogP contribution is 2.49. The summed E-state index contributed by atoms with van der Waals surface area (Å²) in [5.41, 5.74) is 2.70. The molecular formula is C21H23F3N2. The lowest BCUT2D eigenvalue weighted by atomic mass is 9.88. The molecule has 2 aromatic rings. The molecule has 1 N–H and O–H groups in total. The fraction of sp³-hybridized carbons (Fsp3) is 0.429. The summed E-state index contributed by atoms with van der Waals surface area (Å²) in [6.45, 7) is 1.61. The molecule has 138 valence electrons. The smallest absolute Gasteiger partial charge is 0.370 e. The van der Waals surface area contributed by atoms with Gasteiger partial charge in [0.15, 0.2) is 0 Å². The van der Waals surface area contributed by atoms with Gasteiger partial charge in [0.05, 0.1) is 11.3 Å². The molecule has 2 unspecified atom stereocenters. The molecule has 0 aromatic heterocycles. The maximum Gasteiger partial charge on any atom is 0.418 e. The highest BCUT2D eigenvalue weighted by molar-refractivity contribution is 5.68. The average molecular weight is 360 g/mol. The zero-order valence-corrected chi connectivity index (χ0v) is 14.8. The minimum absolute atomic E-state index is 0.140. The first-order valence-corrected chi connectivity index (χ1v) is 9.16. The molecule has 0 radical (unpaired) electrons. The molecule has 2 aliphatic rings. The lowest BCUT2D eigenvalue weighted by Crippen LogP contribution is -2.42. The molecule has 2 aromatic carbocycles. The van der Waals surface area contributed by atoms with Crippen LogP contribution in [-0.4, -0.2) is 26.2 Å². The predicted molar refractivity (Wildman–Crippen MR) is 97.7 cm³/mol. The molecule has 1 fully saturated rings. The SMILES string of the molecule is CN1c2c(cc(CCc3ccccc3)cc2C(F)(F)F)C2CNCCC21. The number of anilines is 1. The Kier molecular flexibility index (Phi) is 4.43. The van der Waals surface area contributed by atoms with E-state index in [1.54, 1.807) is 0 Å². The molecule has 0 saturated carbocycles. The van der Waals surface area contributed by atoms with Crippen LogP contribution in [0.2, 0.25) is 0 Å². The third-order valence-corrected chi connectivity index (χ3v) is 5.75. The Hall–Kier alpha value is -2.01. The normalized spacial score (nSPS) is 22.2. The number of hydrogen-bond donors (Lipinski definition) is 1. The van der Waals surface area contributed by atoms with Crippen LogP contribution < -0.4 is 10.2 Å². The molecule has 26 heavy (non-hydrogen) atoms. The van der Waals surface area contributed by atoms with E-state index in [0.717, 1.165) is 42.6 Å². The molecule has 2 atom stereocenters. The number of halogens is 3. The van der Waals surface area contributed by atoms with Gasteiger partial charge in [-0.3, -0.25) is 0 Å². The minimum Gasteiger partial charge on any atom is -0.370 e. The van der Waals surface area contributed by atoms with Crippen molar-refractivity contribution in [3.8, 4) is 0 Å². The van der Waals surface area contributed by atoms with Gasteiger partial charge in [-0.1, -0.05) is 36.4 Å². The largest absolute Gasteiger partial charge is 0.418 e. The van der Waals surface area contributed by atoms with Crippen LogP contribution >= 0.6 is 0 Å². The van der Waals surface area contributed by atoms with Crippen molar-refractivity contribution in [3.05, 3.63) is 64.7 Å². The zero-order valence-electron chi connectivity index (χ0n) is 14.8. The molecular weight excluding hydrogens is 337 g/mol. The average Bonchev–Trinajstić information content (AvgIpc) is 2.92. The third kappa shape index (κ3) is 3.09. The zero-order chi connectivity index (χ0) is 18.3. The third-order valence-electron chi connectivity index (χ3n) is 5.75. The Morgan fingerprint density at radius 3 is 2.54 bits per heavy atom. The van der Waals surface area contributed by atoms with Crippen molar-refractivity contribution in [2.24, 2.45) is 0 Å². The van der Waals surface area contributed by atoms with E-state index in [2.05, 4.69) is 5.32 Å². The van der Waals surface area contributed by atoms with E-state index >= 15 is 0 Å². The highest BCUT2D eigenvalue weighted by atomic mass is 19.4. The minimum atomic E-state index is -4.33. The topological polar surface area (TPSA) is 15.3 Å². The second-order valence-electron chi connectivity index (χ2n) is 7.34. The summed E-state index contributed by atoms with van der Waals surface area (Å²) in [5.74, 6) is 0.140. The van der Waals surface area contributed by atoms with Crippen molar-refractivity contribution in [2.45, 2.75) is 37.4 Å². The number of aryl methyl sites for hydroxylation is 2. The van der Waals surface area contributed by atoms with E-state index in [-0.39, 0.29) is 12.0 Å². The number of alkyl halides is 3. The van der Waals surface area contributed by atoms with Gasteiger partial charge in [0.25, 0.3) is 0 Å². The van der Waals surface area contributed by atoms with Crippen LogP contribution in [0.1, 0.15) is 34.6 Å². The van der Waals surface area contributed by atoms with Gasteiger partial charge < -0.3 is 10.2 Å². The lowest BCUT2D eigenvalue weighted by Gasteiger charge is -2.31. The first-order chi connectivity index (χ1) is 12.4. The van der Waals surface area contributed by atoms with E-state index in [1.165, 1.54) is 6.07 Å². The van der Waals surface area contributed by atoms with Gasteiger partial charge in [-0.25, -0.2) is 0 Å². The van der Waals surface area contributed by atoms with Crippen LogP contribution in [0.4, 0.5) is 18.9 Å². The van der Waals surface area contributed by atoms with E-state index in [0.29, 0.717) is 12.1 Å². The Morgan fingerprint density at radius 2 is 1.81 bits per heavy atom. The Morgan fingerprint density at radius 1 is 1.08 bits per heavy atom. The van der Waals surface area contributed by atoms with Crippen LogP contribution in [0.3, 0.4) is 0 Å². The highest BCUT2D eigenvalue weighted by Gasteiger charge is 2.44. The molecule has 0 aliphatic carbocycles. The molecule has 4 rings (SSSR count). The molecule has 2 nitrogen and oxygen atoms in total. The van der Waals surface area contributed by atoms with E-state index in [1.807, 2.05) is 48.3 Å². The second-order valence-corrected chi connectivity index (χ2v) is 7.34. The molecule has 0 bridgehead atoms. The van der Waals surface area contributed by atoms with Gasteiger partial charge in [0, 0.05) is 25.6 Å². The van der Waals surface area contributed by atoms with Crippen molar-refractivity contribution >= 4 is 5.69 Å². The summed E-state index contributed by atoms with van der Waals surface area (Å²) in [6, 6.07) is 13.5. The van der Waals surface area contributed by atoms with E-state index in [4.69, 9.17) is 0 Å². The number of benzene rings is 2. The maximum absolute atomic E-state index is 13.8. The van der Waals surface area contributed by atoms with Gasteiger partial charge in [-0.15, -0.1) is 0 Å². The van der Waals surface area contributed by atoms with Crippen LogP contribution in [0.5, 0.6) is 0 Å². The van der Waals surface area contributed by atoms with Gasteiger partial charge >= 0.3 is 6.18 Å². The van der Waals surface area contributed by atoms with Crippen LogP contribution in [0.25, 0.3) is 0 Å². The van der Waals surface area contributed by atoms with E-state index < -0.39 is 11.7 Å². The maximum atomic E-state index is 13.8. The number of nitrogens with zero attached hydrogens (tertiary/aromatic N) is 1. The summed E-state index contributed by atoms with van der Waals surface area (Å²) < 4.78 is 41.4. The summed E-state index contributed by atoms with van der Waals surface area (Å²) in [4.78, 5) is 1.87. The number of rotatable bonds is 3. The quantitative estimate of drug-likeness (QED) is 0.874. The monoisotopic (exact) mass is 360 g/mol. The summed E-state index contributed by atoms with van der Waals surface area (Å²) >= 11 is 0. The van der Waals surface area contributed by atoms with Crippen molar-refractivity contribution in [1.29, 1.82) is 0 Å². The van der Waals surface area contributed by atoms with Crippen molar-refractivity contribution in [1.82, 2.24) is 5.32 Å². The van der Waals surface area contributed by atoms with E-state index in [9.17, 15) is 13.2 Å². The van der Waals surface area contributed by atoms with Gasteiger partial charge in [0.1, 0.15) is 0 Å². The molecule has 2 aliphatic heterocycles. The fourth-order valence-corrected chi connectivity index (χ4v) is 4.48. The number of likely N-dealkylation sites (N-methyl/N-ethyl adjacent to an activating group) is 1. The molecule has 1 saturated heterocycles. The van der Waals surface area contributed by atoms with Crippen molar-refractivity contribution < 1.29 is 13.2 Å². The number of piperidine rings is 1. The van der Waals surface area contributed by atoms with Crippen LogP contribution in [-0.2, 0) is 19.0 Å². The number of nitrogens with one attached hydrogen (secondary N) is 1. The van der Waals surface area contributed by atoms with Gasteiger partial charge in [0.2, 0.25) is 0 Å². The summed E-state index contributed by atoms with van der Waals surface area (Å²) in [5, 5.41) is 3.35. The Bertz CT molecular complexity index is 786. The molecule has 0 amide bonds. The molecule has 0 spiro atoms. The first kappa shape index (κ1) is 17.4. The molecule has 5 heteroatoms. The summed E-state index contributed by atoms with van der Waals surface area (Å²) in [7, 11) is 1.81. The number of hydrogen-bond acceptors (Lipinski definition) is 2. The second kappa shape index (κ2) is 6.62. The van der Waals surface area contributed by atoms with Crippen LogP contribution in [0.15, 0.2) is 42.5 Å². The lowest BCUT2D eigenvalue weighted by molar-refractivity contribution is -0.137. The summed E-state index contributed by atoms with van der Waals surface area (Å²) in [6.07, 6.45) is -2.08. The Labute approximate surface area is 152 Å². The van der Waals surface area contributed by atoms with Crippen LogP contribution in [0, 0.1) is 0 Å². The molecule has 2 heterocycles. The first-order valence-electron chi connectivity index (χ1n) is 9.16. The van der Waals surface area contributed by atoms with Crippen molar-refractivity contribution in [3.63, 3.8) is 0 Å².